The highest BCUT2D eigenvalue weighted by atomic mass is 16.2. The number of likely N-dealkylation sites (tertiary alicyclic amines) is 1. The lowest BCUT2D eigenvalue weighted by Gasteiger charge is -2.35. The van der Waals surface area contributed by atoms with E-state index in [2.05, 4.69) is 36.6 Å². The fraction of sp³-hybridized carbons (Fsp3) is 0.612. The topological polar surface area (TPSA) is 275 Å². The van der Waals surface area contributed by atoms with Gasteiger partial charge >= 0.3 is 6.03 Å². The first kappa shape index (κ1) is 53.5. The van der Waals surface area contributed by atoms with Crippen molar-refractivity contribution in [2.24, 2.45) is 28.9 Å². The minimum Gasteiger partial charge on any atom is -0.369 e. The lowest BCUT2D eigenvalue weighted by molar-refractivity contribution is -0.140. The summed E-state index contributed by atoms with van der Waals surface area (Å²) in [6, 6.07) is 2.15. The maximum Gasteiger partial charge on any atom is 0.325 e. The highest BCUT2D eigenvalue weighted by molar-refractivity contribution is 6.39. The van der Waals surface area contributed by atoms with Crippen molar-refractivity contribution in [3.05, 3.63) is 54.6 Å². The standard InChI is InChI=1S/C49H71N11O9/c1-7-17-36(40(62)45(66)53-27-37(61)55-39(47(68)58(5)6)31-20-13-9-14-21-31)60(32-22-15-10-16-23-32)48(69)59-28-33(42(50)63)35(29-59)54-46(67)41(49(2,3)4)57-44(65)38(30-18-11-8-12-19-30)56-43(64)34-26-51-24-25-52-34/h10,15-16,22-26,30-31,33,35-36,38-39,41H,7-9,11-14,17-21,27-29H2,1-6H3,(H2,50,63)(H,53,66)(H,54,67)(H,55,61)(H,56,64)(H,57,65)/t33?,35?,36-,38-,39-,41+/m0/s1. The first-order chi connectivity index (χ1) is 32.8. The van der Waals surface area contributed by atoms with Crippen LogP contribution in [0.4, 0.5) is 10.5 Å². The molecular formula is C49H71N11O9. The Morgan fingerprint density at radius 1 is 0.797 bits per heavy atom. The summed E-state index contributed by atoms with van der Waals surface area (Å²) in [7, 11) is 3.22. The largest absolute Gasteiger partial charge is 0.369 e. The molecule has 2 unspecified atom stereocenters. The number of hydrogen-bond donors (Lipinski definition) is 6. The number of nitrogens with two attached hydrogens (primary N) is 1. The van der Waals surface area contributed by atoms with Crippen molar-refractivity contribution in [3.8, 4) is 0 Å². The third-order valence-corrected chi connectivity index (χ3v) is 13.4. The lowest BCUT2D eigenvalue weighted by Crippen LogP contribution is -2.61. The number of primary amides is 1. The van der Waals surface area contributed by atoms with Crippen LogP contribution in [0, 0.1) is 23.2 Å². The van der Waals surface area contributed by atoms with E-state index in [1.165, 1.54) is 33.3 Å². The molecule has 1 saturated heterocycles. The molecule has 7 N–H and O–H groups in total. The number of Topliss-reactive ketones (excluding diaryl/α,β-unsaturated/α-hetero) is 1. The fourth-order valence-electron chi connectivity index (χ4n) is 9.63. The number of ketones is 1. The van der Waals surface area contributed by atoms with Gasteiger partial charge in [-0.3, -0.25) is 48.2 Å². The van der Waals surface area contributed by atoms with E-state index in [4.69, 9.17) is 5.73 Å². The number of rotatable bonds is 19. The third-order valence-electron chi connectivity index (χ3n) is 13.4. The number of carbonyl (C=O) groups is 9. The number of anilines is 1. The molecular weight excluding hydrogens is 887 g/mol. The van der Waals surface area contributed by atoms with Gasteiger partial charge in [-0.05, 0) is 61.5 Å². The molecule has 0 bridgehead atoms. The van der Waals surface area contributed by atoms with Gasteiger partial charge in [0.25, 0.3) is 11.8 Å². The zero-order valence-corrected chi connectivity index (χ0v) is 40.8. The molecule has 1 aromatic carbocycles. The summed E-state index contributed by atoms with van der Waals surface area (Å²) in [4.78, 5) is 136. The number of nitrogens with one attached hydrogen (secondary N) is 5. The van der Waals surface area contributed by atoms with Crippen LogP contribution in [-0.2, 0) is 33.6 Å². The Bertz CT molecular complexity index is 2140. The van der Waals surface area contributed by atoms with Crippen molar-refractivity contribution >= 4 is 58.9 Å². The second kappa shape index (κ2) is 24.7. The Labute approximate surface area is 404 Å². The second-order valence-corrected chi connectivity index (χ2v) is 19.8. The molecule has 20 heteroatoms. The van der Waals surface area contributed by atoms with E-state index in [-0.39, 0.29) is 48.6 Å². The molecule has 3 aliphatic rings. The van der Waals surface area contributed by atoms with Crippen LogP contribution in [0.3, 0.4) is 0 Å². The summed E-state index contributed by atoms with van der Waals surface area (Å²) in [5.74, 6) is -6.98. The minimum atomic E-state index is -1.36. The molecule has 2 heterocycles. The van der Waals surface area contributed by atoms with E-state index in [9.17, 15) is 43.2 Å². The summed E-state index contributed by atoms with van der Waals surface area (Å²) in [5.41, 5.74) is 5.33. The van der Waals surface area contributed by atoms with Gasteiger partial charge in [-0.25, -0.2) is 9.78 Å². The number of likely N-dealkylation sites (N-methyl/N-ethyl adjacent to an activating group) is 1. The van der Waals surface area contributed by atoms with Crippen LogP contribution >= 0.6 is 0 Å². The predicted molar refractivity (Wildman–Crippen MR) is 256 cm³/mol. The van der Waals surface area contributed by atoms with Crippen LogP contribution in [0.25, 0.3) is 0 Å². The van der Waals surface area contributed by atoms with Crippen LogP contribution in [-0.4, -0.2) is 137 Å². The monoisotopic (exact) mass is 958 g/mol. The number of urea groups is 1. The lowest BCUT2D eigenvalue weighted by atomic mass is 9.82. The van der Waals surface area contributed by atoms with Gasteiger partial charge in [-0.15, -0.1) is 0 Å². The average molecular weight is 958 g/mol. The number of nitrogens with zero attached hydrogens (tertiary/aromatic N) is 5. The van der Waals surface area contributed by atoms with Gasteiger partial charge in [0.05, 0.1) is 24.7 Å². The molecule has 5 rings (SSSR count). The molecule has 2 saturated carbocycles. The van der Waals surface area contributed by atoms with Crippen molar-refractivity contribution in [1.29, 1.82) is 0 Å². The summed E-state index contributed by atoms with van der Waals surface area (Å²) >= 11 is 0. The van der Waals surface area contributed by atoms with Crippen molar-refractivity contribution in [1.82, 2.24) is 46.4 Å². The van der Waals surface area contributed by atoms with E-state index < -0.39 is 95.3 Å². The molecule has 3 fully saturated rings. The second-order valence-electron chi connectivity index (χ2n) is 19.8. The van der Waals surface area contributed by atoms with Gasteiger partial charge in [0, 0.05) is 45.3 Å². The van der Waals surface area contributed by atoms with E-state index >= 15 is 0 Å². The Balaban J connectivity index is 1.32. The number of carbonyl (C=O) groups excluding carboxylic acids is 9. The Kier molecular flexibility index (Phi) is 19.1. The molecule has 69 heavy (non-hydrogen) atoms. The maximum atomic E-state index is 14.8. The molecule has 0 radical (unpaired) electrons. The Hall–Kier alpha value is -6.47. The zero-order valence-electron chi connectivity index (χ0n) is 40.8. The van der Waals surface area contributed by atoms with Crippen LogP contribution in [0.5, 0.6) is 0 Å². The summed E-state index contributed by atoms with van der Waals surface area (Å²) in [6.45, 7) is 5.99. The van der Waals surface area contributed by atoms with Gasteiger partial charge in [-0.1, -0.05) is 90.8 Å². The van der Waals surface area contributed by atoms with Crippen LogP contribution < -0.4 is 37.2 Å². The quantitative estimate of drug-likeness (QED) is 0.111. The van der Waals surface area contributed by atoms with Gasteiger partial charge in [-0.2, -0.15) is 0 Å². The number of para-hydroxylation sites is 1. The van der Waals surface area contributed by atoms with E-state index in [1.807, 2.05) is 0 Å². The first-order valence-electron chi connectivity index (χ1n) is 24.2. The normalized spacial score (nSPS) is 19.4. The van der Waals surface area contributed by atoms with Crippen LogP contribution in [0.15, 0.2) is 48.9 Å². The fourth-order valence-corrected chi connectivity index (χ4v) is 9.63. The van der Waals surface area contributed by atoms with Crippen molar-refractivity contribution in [2.75, 3.05) is 38.6 Å². The van der Waals surface area contributed by atoms with E-state index in [0.717, 1.165) is 51.4 Å². The molecule has 1 aliphatic heterocycles. The van der Waals surface area contributed by atoms with Gasteiger partial charge in [0.2, 0.25) is 35.3 Å². The van der Waals surface area contributed by atoms with Crippen molar-refractivity contribution in [2.45, 2.75) is 135 Å². The highest BCUT2D eigenvalue weighted by Gasteiger charge is 2.46. The zero-order chi connectivity index (χ0) is 50.4. The number of aromatic nitrogens is 2. The van der Waals surface area contributed by atoms with Crippen LogP contribution in [0.1, 0.15) is 115 Å². The third kappa shape index (κ3) is 14.3. The summed E-state index contributed by atoms with van der Waals surface area (Å²) in [5, 5.41) is 13.8. The number of amides is 9. The van der Waals surface area contributed by atoms with E-state index in [1.54, 1.807) is 72.1 Å². The summed E-state index contributed by atoms with van der Waals surface area (Å²) in [6.07, 6.45) is 13.1. The average Bonchev–Trinajstić information content (AvgIpc) is 3.77. The van der Waals surface area contributed by atoms with Gasteiger partial charge in [0.1, 0.15) is 29.9 Å². The van der Waals surface area contributed by atoms with Gasteiger partial charge < -0.3 is 42.1 Å². The number of benzene rings is 1. The molecule has 20 nitrogen and oxygen atoms in total. The smallest absolute Gasteiger partial charge is 0.325 e. The molecule has 2 aliphatic carbocycles. The van der Waals surface area contributed by atoms with E-state index in [0.29, 0.717) is 19.3 Å². The maximum absolute atomic E-state index is 14.8. The predicted octanol–water partition coefficient (Wildman–Crippen LogP) is 2.22. The van der Waals surface area contributed by atoms with Crippen LogP contribution in [0.2, 0.25) is 0 Å². The van der Waals surface area contributed by atoms with Crippen molar-refractivity contribution < 1.29 is 43.2 Å². The molecule has 376 valence electrons. The number of hydrogen-bond acceptors (Lipinski definition) is 11. The Morgan fingerprint density at radius 2 is 1.42 bits per heavy atom. The first-order valence-corrected chi connectivity index (χ1v) is 24.2. The van der Waals surface area contributed by atoms with Gasteiger partial charge in [0.15, 0.2) is 0 Å². The molecule has 6 atom stereocenters. The molecule has 9 amide bonds. The Morgan fingerprint density at radius 3 is 1.97 bits per heavy atom. The minimum absolute atomic E-state index is 0.0337. The SMILES string of the molecule is CCC[C@@H](C(=O)C(=O)NCC(=O)N[C@H](C(=O)N(C)C)C1CCCCC1)N(C(=O)N1CC(NC(=O)[C@@H](NC(=O)[C@@H](NC(=O)c2cnccn2)C2CCCCC2)C(C)(C)C)C(C(N)=O)C1)c1ccccc1. The highest BCUT2D eigenvalue weighted by Crippen LogP contribution is 2.30. The molecule has 1 aromatic heterocycles. The molecule has 0 spiro atoms. The summed E-state index contributed by atoms with van der Waals surface area (Å²) < 4.78 is 0. The van der Waals surface area contributed by atoms with Crippen molar-refractivity contribution in [3.63, 3.8) is 0 Å². The molecule has 2 aromatic rings.